The number of carbonyl (C=O) groups is 2. The maximum absolute atomic E-state index is 13.5. The number of hydrogen-bond donors (Lipinski definition) is 1. The second-order valence-electron chi connectivity index (χ2n) is 9.25. The third-order valence-electron chi connectivity index (χ3n) is 6.74. The fourth-order valence-electron chi connectivity index (χ4n) is 4.83. The molecule has 3 aliphatic heterocycles. The zero-order valence-electron chi connectivity index (χ0n) is 23.2. The summed E-state index contributed by atoms with van der Waals surface area (Å²) in [6.45, 7) is 2.62. The van der Waals surface area contributed by atoms with Crippen LogP contribution in [0.4, 0.5) is 0 Å². The average molecular weight is 582 g/mol. The normalized spacial score (nSPS) is 17.1. The minimum Gasteiger partial charge on any atom is -0.493 e. The molecular formula is C29H31N3O8S. The van der Waals surface area contributed by atoms with Gasteiger partial charge in [-0.25, -0.2) is 9.79 Å². The first-order chi connectivity index (χ1) is 19.9. The first kappa shape index (κ1) is 28.4. The zero-order valence-corrected chi connectivity index (χ0v) is 24.0. The van der Waals surface area contributed by atoms with Crippen LogP contribution in [0, 0.1) is 0 Å². The number of benzene rings is 2. The average Bonchev–Trinajstić information content (AvgIpc) is 3.61. The molecule has 2 aromatic rings. The fourth-order valence-corrected chi connectivity index (χ4v) is 5.79. The summed E-state index contributed by atoms with van der Waals surface area (Å²) in [5, 5.41) is 5.49. The molecule has 0 spiro atoms. The molecule has 2 aromatic carbocycles. The molecular weight excluding hydrogens is 550 g/mol. The van der Waals surface area contributed by atoms with Crippen molar-refractivity contribution in [1.29, 1.82) is 0 Å². The van der Waals surface area contributed by atoms with Crippen LogP contribution >= 0.6 is 11.8 Å². The maximum atomic E-state index is 13.5. The Morgan fingerprint density at radius 1 is 1.10 bits per heavy atom. The van der Waals surface area contributed by atoms with Crippen LogP contribution in [0.25, 0.3) is 0 Å². The maximum Gasteiger partial charge on any atom is 0.338 e. The molecule has 12 heteroatoms. The lowest BCUT2D eigenvalue weighted by Gasteiger charge is -2.37. The van der Waals surface area contributed by atoms with E-state index in [-0.39, 0.29) is 32.3 Å². The van der Waals surface area contributed by atoms with E-state index in [1.54, 1.807) is 27.2 Å². The topological polar surface area (TPSA) is 117 Å². The molecule has 0 bridgehead atoms. The zero-order chi connectivity index (χ0) is 28.9. The smallest absolute Gasteiger partial charge is 0.338 e. The van der Waals surface area contributed by atoms with E-state index in [1.165, 1.54) is 18.9 Å². The lowest BCUT2D eigenvalue weighted by molar-refractivity contribution is -0.141. The number of ether oxygens (including phenoxy) is 6. The van der Waals surface area contributed by atoms with Gasteiger partial charge in [-0.3, -0.25) is 4.79 Å². The summed E-state index contributed by atoms with van der Waals surface area (Å²) in [6.07, 6.45) is 0.0599. The number of aliphatic imine (C=N–C) groups is 1. The predicted molar refractivity (Wildman–Crippen MR) is 152 cm³/mol. The highest BCUT2D eigenvalue weighted by atomic mass is 32.2. The molecule has 0 saturated heterocycles. The first-order valence-corrected chi connectivity index (χ1v) is 13.8. The highest BCUT2D eigenvalue weighted by Gasteiger charge is 2.42. The fraction of sp³-hybridized carbons (Fsp3) is 0.345. The SMILES string of the molecule is COCCOC(=O)C1=C(C)N=C2SC=C(CC(=O)NCc3ccc4c(c3)OCO4)N2C1c1cccc(OC)c1OC. The molecule has 0 radical (unpaired) electrons. The van der Waals surface area contributed by atoms with Crippen LogP contribution in [-0.4, -0.2) is 63.3 Å². The molecule has 0 aliphatic carbocycles. The number of allylic oxidation sites excluding steroid dienone is 1. The number of methoxy groups -OCH3 is 3. The van der Waals surface area contributed by atoms with Crippen LogP contribution < -0.4 is 24.3 Å². The summed E-state index contributed by atoms with van der Waals surface area (Å²) in [7, 11) is 4.64. The highest BCUT2D eigenvalue weighted by molar-refractivity contribution is 8.16. The Morgan fingerprint density at radius 3 is 2.71 bits per heavy atom. The van der Waals surface area contributed by atoms with Crippen molar-refractivity contribution in [3.8, 4) is 23.0 Å². The van der Waals surface area contributed by atoms with Crippen LogP contribution in [-0.2, 0) is 25.6 Å². The molecule has 1 N–H and O–H groups in total. The molecule has 216 valence electrons. The molecule has 1 atom stereocenters. The molecule has 11 nitrogen and oxygen atoms in total. The third-order valence-corrected chi connectivity index (χ3v) is 7.63. The highest BCUT2D eigenvalue weighted by Crippen LogP contribution is 2.48. The Morgan fingerprint density at radius 2 is 1.93 bits per heavy atom. The molecule has 3 heterocycles. The summed E-state index contributed by atoms with van der Waals surface area (Å²) < 4.78 is 32.7. The minimum atomic E-state index is -0.675. The Kier molecular flexibility index (Phi) is 8.70. The Hall–Kier alpha value is -4.16. The lowest BCUT2D eigenvalue weighted by Crippen LogP contribution is -2.38. The number of fused-ring (bicyclic) bond motifs is 2. The Bertz CT molecular complexity index is 1440. The van der Waals surface area contributed by atoms with E-state index in [9.17, 15) is 9.59 Å². The van der Waals surface area contributed by atoms with Crippen molar-refractivity contribution in [3.63, 3.8) is 0 Å². The van der Waals surface area contributed by atoms with Gasteiger partial charge in [-0.15, -0.1) is 0 Å². The number of esters is 1. The molecule has 0 saturated carbocycles. The number of rotatable bonds is 11. The van der Waals surface area contributed by atoms with Gasteiger partial charge in [-0.05, 0) is 36.1 Å². The standard InChI is InChI=1S/C29H31N3O8S/c1-17-25(28(34)38-11-10-35-2)26(20-6-5-7-22(36-3)27(20)37-4)32-19(15-41-29(32)31-17)13-24(33)30-14-18-8-9-21-23(12-18)40-16-39-21/h5-9,12,15,26H,10-11,13-14,16H2,1-4H3,(H,30,33). The minimum absolute atomic E-state index is 0.0599. The van der Waals surface area contributed by atoms with Crippen LogP contribution in [0.1, 0.15) is 30.5 Å². The third kappa shape index (κ3) is 5.84. The van der Waals surface area contributed by atoms with Gasteiger partial charge in [0.15, 0.2) is 28.2 Å². The van der Waals surface area contributed by atoms with Gasteiger partial charge < -0.3 is 38.6 Å². The van der Waals surface area contributed by atoms with E-state index >= 15 is 0 Å². The Balaban J connectivity index is 1.42. The van der Waals surface area contributed by atoms with E-state index in [0.29, 0.717) is 57.2 Å². The van der Waals surface area contributed by atoms with Crippen LogP contribution in [0.5, 0.6) is 23.0 Å². The van der Waals surface area contributed by atoms with Gasteiger partial charge in [0.2, 0.25) is 12.7 Å². The summed E-state index contributed by atoms with van der Waals surface area (Å²) >= 11 is 1.39. The van der Waals surface area contributed by atoms with Crippen LogP contribution in [0.3, 0.4) is 0 Å². The summed E-state index contributed by atoms with van der Waals surface area (Å²) in [5.41, 5.74) is 3.10. The van der Waals surface area contributed by atoms with Crippen LogP contribution in [0.15, 0.2) is 63.8 Å². The number of nitrogens with one attached hydrogen (secondary N) is 1. The summed E-state index contributed by atoms with van der Waals surface area (Å²) in [4.78, 5) is 33.2. The largest absolute Gasteiger partial charge is 0.493 e. The van der Waals surface area contributed by atoms with Crippen molar-refractivity contribution < 1.29 is 38.0 Å². The lowest BCUT2D eigenvalue weighted by atomic mass is 9.92. The van der Waals surface area contributed by atoms with Gasteiger partial charge in [0, 0.05) is 24.9 Å². The van der Waals surface area contributed by atoms with Crippen molar-refractivity contribution in [1.82, 2.24) is 10.2 Å². The number of hydrogen-bond acceptors (Lipinski definition) is 11. The van der Waals surface area contributed by atoms with Gasteiger partial charge in [-0.2, -0.15) is 0 Å². The monoisotopic (exact) mass is 581 g/mol. The molecule has 1 unspecified atom stereocenters. The van der Waals surface area contributed by atoms with Gasteiger partial charge in [0.25, 0.3) is 0 Å². The van der Waals surface area contributed by atoms with Crippen molar-refractivity contribution in [3.05, 3.63) is 69.9 Å². The molecule has 1 amide bonds. The van der Waals surface area contributed by atoms with Gasteiger partial charge >= 0.3 is 5.97 Å². The van der Waals surface area contributed by atoms with Crippen molar-refractivity contribution in [2.45, 2.75) is 25.9 Å². The quantitative estimate of drug-likeness (QED) is 0.309. The summed E-state index contributed by atoms with van der Waals surface area (Å²) in [6, 6.07) is 10.4. The number of amidine groups is 1. The van der Waals surface area contributed by atoms with E-state index in [1.807, 2.05) is 40.6 Å². The van der Waals surface area contributed by atoms with Crippen molar-refractivity contribution >= 4 is 28.8 Å². The molecule has 41 heavy (non-hydrogen) atoms. The molecule has 5 rings (SSSR count). The van der Waals surface area contributed by atoms with Gasteiger partial charge in [0.1, 0.15) is 6.61 Å². The van der Waals surface area contributed by atoms with Gasteiger partial charge in [0.05, 0.1) is 44.6 Å². The summed E-state index contributed by atoms with van der Waals surface area (Å²) in [5.74, 6) is 1.60. The second-order valence-corrected chi connectivity index (χ2v) is 10.1. The number of carbonyl (C=O) groups excluding carboxylic acids is 2. The van der Waals surface area contributed by atoms with Crippen molar-refractivity contribution in [2.24, 2.45) is 4.99 Å². The van der Waals surface area contributed by atoms with E-state index < -0.39 is 12.0 Å². The molecule has 0 fully saturated rings. The number of amides is 1. The molecule has 0 aromatic heterocycles. The predicted octanol–water partition coefficient (Wildman–Crippen LogP) is 3.90. The van der Waals surface area contributed by atoms with E-state index in [4.69, 9.17) is 33.4 Å². The number of nitrogens with zero attached hydrogens (tertiary/aromatic N) is 2. The first-order valence-electron chi connectivity index (χ1n) is 12.9. The number of para-hydroxylation sites is 1. The van der Waals surface area contributed by atoms with E-state index in [0.717, 1.165) is 5.56 Å². The van der Waals surface area contributed by atoms with Crippen LogP contribution in [0.2, 0.25) is 0 Å². The second kappa shape index (κ2) is 12.6. The van der Waals surface area contributed by atoms with Gasteiger partial charge in [-0.1, -0.05) is 30.0 Å². The molecule has 3 aliphatic rings. The van der Waals surface area contributed by atoms with Crippen molar-refractivity contribution in [2.75, 3.05) is 41.3 Å². The van der Waals surface area contributed by atoms with E-state index in [2.05, 4.69) is 5.32 Å². The number of thioether (sulfide) groups is 1. The Labute approximate surface area is 242 Å².